The number of benzene rings is 1. The molecule has 1 fully saturated rings. The Hall–Kier alpha value is -0.910. The van der Waals surface area contributed by atoms with Gasteiger partial charge in [-0.05, 0) is 37.8 Å². The Morgan fingerprint density at radius 3 is 2.65 bits per heavy atom. The van der Waals surface area contributed by atoms with Crippen LogP contribution in [0.2, 0.25) is 0 Å². The highest BCUT2D eigenvalue weighted by Crippen LogP contribution is 2.24. The molecule has 0 aliphatic heterocycles. The molecule has 1 atom stereocenters. The van der Waals surface area contributed by atoms with Crippen LogP contribution in [0.15, 0.2) is 29.2 Å². The van der Waals surface area contributed by atoms with Crippen LogP contribution >= 0.6 is 0 Å². The number of hydrogen-bond donors (Lipinski definition) is 2. The van der Waals surface area contributed by atoms with Gasteiger partial charge in [0.1, 0.15) is 0 Å². The molecule has 0 aromatic heterocycles. The molecule has 0 saturated heterocycles. The third-order valence-corrected chi connectivity index (χ3v) is 4.32. The molecule has 0 bridgehead atoms. The Morgan fingerprint density at radius 1 is 1.41 bits per heavy atom. The zero-order valence-electron chi connectivity index (χ0n) is 9.89. The second kappa shape index (κ2) is 4.76. The van der Waals surface area contributed by atoms with Gasteiger partial charge < -0.3 is 5.73 Å². The smallest absolute Gasteiger partial charge is 0.241 e. The van der Waals surface area contributed by atoms with Crippen LogP contribution in [0.3, 0.4) is 0 Å². The monoisotopic (exact) mass is 254 g/mol. The van der Waals surface area contributed by atoms with Crippen molar-refractivity contribution in [3.05, 3.63) is 29.8 Å². The van der Waals surface area contributed by atoms with Crippen molar-refractivity contribution in [1.82, 2.24) is 4.72 Å². The fourth-order valence-electron chi connectivity index (χ4n) is 1.77. The Kier molecular flexibility index (Phi) is 3.51. The molecule has 2 rings (SSSR count). The summed E-state index contributed by atoms with van der Waals surface area (Å²) in [7, 11) is -3.38. The Labute approximate surface area is 102 Å². The topological polar surface area (TPSA) is 72.2 Å². The normalized spacial score (nSPS) is 18.0. The minimum Gasteiger partial charge on any atom is -0.328 e. The van der Waals surface area contributed by atoms with Crippen LogP contribution in [-0.2, 0) is 16.4 Å². The molecule has 0 radical (unpaired) electrons. The zero-order valence-corrected chi connectivity index (χ0v) is 10.7. The highest BCUT2D eigenvalue weighted by molar-refractivity contribution is 7.89. The molecule has 94 valence electrons. The van der Waals surface area contributed by atoms with E-state index in [2.05, 4.69) is 4.72 Å². The fourth-order valence-corrected chi connectivity index (χ4v) is 3.32. The van der Waals surface area contributed by atoms with E-state index in [9.17, 15) is 8.42 Å². The summed E-state index contributed by atoms with van der Waals surface area (Å²) in [6, 6.07) is 7.13. The summed E-state index contributed by atoms with van der Waals surface area (Å²) in [5.41, 5.74) is 6.52. The average Bonchev–Trinajstić information content (AvgIpc) is 3.00. The van der Waals surface area contributed by atoms with Gasteiger partial charge in [0.15, 0.2) is 0 Å². The first-order valence-electron chi connectivity index (χ1n) is 5.85. The first-order chi connectivity index (χ1) is 7.99. The summed E-state index contributed by atoms with van der Waals surface area (Å²) in [6.07, 6.45) is 2.45. The first kappa shape index (κ1) is 12.5. The van der Waals surface area contributed by atoms with Crippen molar-refractivity contribution in [3.8, 4) is 0 Å². The van der Waals surface area contributed by atoms with Crippen molar-refractivity contribution in [2.24, 2.45) is 5.73 Å². The number of sulfonamides is 1. The molecule has 1 unspecified atom stereocenters. The lowest BCUT2D eigenvalue weighted by Crippen LogP contribution is -2.28. The molecule has 1 aromatic carbocycles. The Morgan fingerprint density at radius 2 is 2.06 bits per heavy atom. The summed E-state index contributed by atoms with van der Waals surface area (Å²) in [5.74, 6) is 0. The van der Waals surface area contributed by atoms with Crippen LogP contribution in [0.4, 0.5) is 0 Å². The van der Waals surface area contributed by atoms with E-state index in [1.807, 2.05) is 19.1 Å². The van der Waals surface area contributed by atoms with Crippen LogP contribution in [0.1, 0.15) is 25.3 Å². The number of hydrogen-bond acceptors (Lipinski definition) is 3. The molecule has 0 heterocycles. The number of nitrogens with one attached hydrogen (secondary N) is 1. The Balaban J connectivity index is 2.29. The van der Waals surface area contributed by atoms with E-state index in [-0.39, 0.29) is 12.1 Å². The quantitative estimate of drug-likeness (QED) is 0.824. The lowest BCUT2D eigenvalue weighted by atomic mass is 10.1. The first-order valence-corrected chi connectivity index (χ1v) is 7.33. The van der Waals surface area contributed by atoms with E-state index in [1.165, 1.54) is 0 Å². The van der Waals surface area contributed by atoms with Gasteiger partial charge >= 0.3 is 0 Å². The lowest BCUT2D eigenvalue weighted by Gasteiger charge is -2.12. The van der Waals surface area contributed by atoms with E-state index in [4.69, 9.17) is 5.73 Å². The zero-order chi connectivity index (χ0) is 12.5. The number of rotatable bonds is 5. The lowest BCUT2D eigenvalue weighted by molar-refractivity contribution is 0.579. The second-order valence-corrected chi connectivity index (χ2v) is 6.37. The Bertz CT molecular complexity index is 493. The average molecular weight is 254 g/mol. The molecule has 1 aromatic rings. The predicted molar refractivity (Wildman–Crippen MR) is 67.1 cm³/mol. The van der Waals surface area contributed by atoms with Crippen LogP contribution < -0.4 is 10.5 Å². The van der Waals surface area contributed by atoms with Gasteiger partial charge in [0.2, 0.25) is 10.0 Å². The maximum Gasteiger partial charge on any atom is 0.241 e. The molecular formula is C12H18N2O2S. The highest BCUT2D eigenvalue weighted by atomic mass is 32.2. The standard InChI is InChI=1S/C12H18N2O2S/c1-9(13)8-10-4-2-3-5-12(10)17(15,16)14-11-6-7-11/h2-5,9,11,14H,6-8,13H2,1H3. The van der Waals surface area contributed by atoms with Gasteiger partial charge in [0.25, 0.3) is 0 Å². The van der Waals surface area contributed by atoms with Crippen molar-refractivity contribution >= 4 is 10.0 Å². The third-order valence-electron chi connectivity index (χ3n) is 2.70. The predicted octanol–water partition coefficient (Wildman–Crippen LogP) is 1.02. The molecule has 0 spiro atoms. The summed E-state index contributed by atoms with van der Waals surface area (Å²) >= 11 is 0. The van der Waals surface area contributed by atoms with E-state index in [0.717, 1.165) is 18.4 Å². The summed E-state index contributed by atoms with van der Waals surface area (Å²) in [4.78, 5) is 0.365. The van der Waals surface area contributed by atoms with Gasteiger partial charge in [-0.15, -0.1) is 0 Å². The molecule has 1 aliphatic rings. The van der Waals surface area contributed by atoms with Crippen LogP contribution in [0.25, 0.3) is 0 Å². The second-order valence-electron chi connectivity index (χ2n) is 4.68. The van der Waals surface area contributed by atoms with Gasteiger partial charge in [0, 0.05) is 12.1 Å². The SMILES string of the molecule is CC(N)Cc1ccccc1S(=O)(=O)NC1CC1. The summed E-state index contributed by atoms with van der Waals surface area (Å²) < 4.78 is 27.0. The molecule has 3 N–H and O–H groups in total. The van der Waals surface area contributed by atoms with Gasteiger partial charge in [-0.2, -0.15) is 0 Å². The summed E-state index contributed by atoms with van der Waals surface area (Å²) in [5, 5.41) is 0. The van der Waals surface area contributed by atoms with Gasteiger partial charge in [0.05, 0.1) is 4.90 Å². The molecular weight excluding hydrogens is 236 g/mol. The van der Waals surface area contributed by atoms with Gasteiger partial charge in [-0.25, -0.2) is 13.1 Å². The number of nitrogens with two attached hydrogens (primary N) is 1. The van der Waals surface area contributed by atoms with Crippen molar-refractivity contribution in [1.29, 1.82) is 0 Å². The molecule has 1 saturated carbocycles. The van der Waals surface area contributed by atoms with E-state index >= 15 is 0 Å². The fraction of sp³-hybridized carbons (Fsp3) is 0.500. The highest BCUT2D eigenvalue weighted by Gasteiger charge is 2.29. The molecule has 17 heavy (non-hydrogen) atoms. The van der Waals surface area contributed by atoms with Crippen LogP contribution in [-0.4, -0.2) is 20.5 Å². The molecule has 5 heteroatoms. The van der Waals surface area contributed by atoms with Crippen LogP contribution in [0, 0.1) is 0 Å². The van der Waals surface area contributed by atoms with E-state index in [0.29, 0.717) is 11.3 Å². The van der Waals surface area contributed by atoms with Crippen molar-refractivity contribution in [2.75, 3.05) is 0 Å². The third kappa shape index (κ3) is 3.28. The summed E-state index contributed by atoms with van der Waals surface area (Å²) in [6.45, 7) is 1.87. The van der Waals surface area contributed by atoms with Gasteiger partial charge in [-0.1, -0.05) is 18.2 Å². The molecule has 0 amide bonds. The van der Waals surface area contributed by atoms with Gasteiger partial charge in [-0.3, -0.25) is 0 Å². The van der Waals surface area contributed by atoms with Crippen molar-refractivity contribution in [3.63, 3.8) is 0 Å². The molecule has 1 aliphatic carbocycles. The minimum absolute atomic E-state index is 0.0488. The minimum atomic E-state index is -3.38. The van der Waals surface area contributed by atoms with Crippen LogP contribution in [0.5, 0.6) is 0 Å². The molecule has 4 nitrogen and oxygen atoms in total. The van der Waals surface area contributed by atoms with E-state index in [1.54, 1.807) is 12.1 Å². The largest absolute Gasteiger partial charge is 0.328 e. The maximum absolute atomic E-state index is 12.1. The van der Waals surface area contributed by atoms with Crippen molar-refractivity contribution < 1.29 is 8.42 Å². The maximum atomic E-state index is 12.1. The van der Waals surface area contributed by atoms with Crippen molar-refractivity contribution in [2.45, 2.75) is 43.2 Å². The van der Waals surface area contributed by atoms with E-state index < -0.39 is 10.0 Å².